The van der Waals surface area contributed by atoms with Crippen LogP contribution in [-0.4, -0.2) is 95.1 Å². The van der Waals surface area contributed by atoms with Gasteiger partial charge in [0.05, 0.1) is 42.9 Å². The molecule has 0 spiro atoms. The van der Waals surface area contributed by atoms with E-state index in [4.69, 9.17) is 25.8 Å². The number of benzene rings is 2. The van der Waals surface area contributed by atoms with E-state index in [1.807, 2.05) is 18.2 Å². The second-order valence-electron chi connectivity index (χ2n) is 8.40. The van der Waals surface area contributed by atoms with Crippen LogP contribution in [0.2, 0.25) is 5.02 Å². The Morgan fingerprint density at radius 1 is 0.971 bits per heavy atom. The minimum Gasteiger partial charge on any atom is -0.497 e. The fourth-order valence-corrected chi connectivity index (χ4v) is 5.92. The highest BCUT2D eigenvalue weighted by Gasteiger charge is 2.29. The van der Waals surface area contributed by atoms with Crippen molar-refractivity contribution < 1.29 is 27.4 Å². The Kier molecular flexibility index (Phi) is 8.18. The van der Waals surface area contributed by atoms with E-state index in [1.54, 1.807) is 19.1 Å². The third-order valence-corrected chi connectivity index (χ3v) is 8.54. The number of carbonyl (C=O) groups excluding carboxylic acids is 1. The molecule has 1 amide bonds. The molecule has 2 aromatic rings. The number of amides is 1. The molecular formula is C24H30ClN3O6S. The molecule has 0 saturated carbocycles. The van der Waals surface area contributed by atoms with E-state index >= 15 is 0 Å². The van der Waals surface area contributed by atoms with Gasteiger partial charge in [0, 0.05) is 51.4 Å². The summed E-state index contributed by atoms with van der Waals surface area (Å²) in [6.45, 7) is 4.27. The summed E-state index contributed by atoms with van der Waals surface area (Å²) in [6.07, 6.45) is 0. The molecule has 11 heteroatoms. The smallest absolute Gasteiger partial charge is 0.255 e. The van der Waals surface area contributed by atoms with Crippen LogP contribution < -0.4 is 9.47 Å². The Hall–Kier alpha value is -2.37. The van der Waals surface area contributed by atoms with Gasteiger partial charge >= 0.3 is 0 Å². The highest BCUT2D eigenvalue weighted by molar-refractivity contribution is 7.89. The summed E-state index contributed by atoms with van der Waals surface area (Å²) in [6, 6.07) is 10.0. The van der Waals surface area contributed by atoms with Gasteiger partial charge < -0.3 is 19.1 Å². The number of hydrogen-bond acceptors (Lipinski definition) is 7. The average Bonchev–Trinajstić information content (AvgIpc) is 2.89. The predicted octanol–water partition coefficient (Wildman–Crippen LogP) is 2.34. The Bertz CT molecular complexity index is 1160. The lowest BCUT2D eigenvalue weighted by Crippen LogP contribution is -2.48. The number of halogens is 1. The number of nitrogens with zero attached hydrogens (tertiary/aromatic N) is 3. The summed E-state index contributed by atoms with van der Waals surface area (Å²) in [5.74, 6) is 1.28. The number of ether oxygens (including phenoxy) is 3. The molecule has 0 N–H and O–H groups in total. The summed E-state index contributed by atoms with van der Waals surface area (Å²) in [7, 11) is -0.463. The molecule has 0 bridgehead atoms. The van der Waals surface area contributed by atoms with Crippen LogP contribution >= 0.6 is 11.6 Å². The molecule has 9 nitrogen and oxygen atoms in total. The average molecular weight is 524 g/mol. The molecule has 2 fully saturated rings. The van der Waals surface area contributed by atoms with Gasteiger partial charge in [-0.25, -0.2) is 8.42 Å². The van der Waals surface area contributed by atoms with Gasteiger partial charge in [0.2, 0.25) is 10.0 Å². The van der Waals surface area contributed by atoms with Gasteiger partial charge in [0.1, 0.15) is 11.5 Å². The number of carbonyl (C=O) groups is 1. The molecule has 2 heterocycles. The van der Waals surface area contributed by atoms with E-state index in [0.29, 0.717) is 45.9 Å². The maximum Gasteiger partial charge on any atom is 0.255 e. The van der Waals surface area contributed by atoms with E-state index < -0.39 is 10.0 Å². The number of rotatable bonds is 7. The highest BCUT2D eigenvalue weighted by atomic mass is 35.5. The molecule has 0 atom stereocenters. The van der Waals surface area contributed by atoms with Crippen molar-refractivity contribution in [2.75, 3.05) is 66.7 Å². The van der Waals surface area contributed by atoms with Crippen molar-refractivity contribution in [2.45, 2.75) is 11.4 Å². The Morgan fingerprint density at radius 3 is 2.34 bits per heavy atom. The molecule has 0 aromatic heterocycles. The lowest BCUT2D eigenvalue weighted by molar-refractivity contribution is 0.0627. The van der Waals surface area contributed by atoms with Crippen molar-refractivity contribution in [2.24, 2.45) is 0 Å². The number of methoxy groups -OCH3 is 2. The van der Waals surface area contributed by atoms with E-state index in [0.717, 1.165) is 17.1 Å². The Balaban J connectivity index is 1.44. The first-order valence-corrected chi connectivity index (χ1v) is 13.3. The molecule has 4 rings (SSSR count). The fraction of sp³-hybridized carbons (Fsp3) is 0.458. The van der Waals surface area contributed by atoms with Crippen LogP contribution in [0.3, 0.4) is 0 Å². The number of hydrogen-bond donors (Lipinski definition) is 0. The maximum atomic E-state index is 13.3. The van der Waals surface area contributed by atoms with Crippen molar-refractivity contribution in [3.63, 3.8) is 0 Å². The third kappa shape index (κ3) is 5.73. The van der Waals surface area contributed by atoms with Crippen molar-refractivity contribution in [1.29, 1.82) is 0 Å². The monoisotopic (exact) mass is 523 g/mol. The minimum absolute atomic E-state index is 0.0657. The van der Waals surface area contributed by atoms with Crippen LogP contribution in [0, 0.1) is 0 Å². The van der Waals surface area contributed by atoms with E-state index in [9.17, 15) is 13.2 Å². The minimum atomic E-state index is -3.73. The zero-order valence-electron chi connectivity index (χ0n) is 19.9. The SMILES string of the molecule is COc1ccc(OC)c(CN2CCN(C(=O)c3cc(S(=O)(=O)N4CCOCC4)ccc3Cl)CC2)c1. The van der Waals surface area contributed by atoms with E-state index in [1.165, 1.54) is 22.5 Å². The lowest BCUT2D eigenvalue weighted by atomic mass is 10.1. The second kappa shape index (κ2) is 11.1. The summed E-state index contributed by atoms with van der Waals surface area (Å²) in [5, 5.41) is 0.236. The summed E-state index contributed by atoms with van der Waals surface area (Å²) >= 11 is 6.33. The maximum absolute atomic E-state index is 13.3. The van der Waals surface area contributed by atoms with Crippen LogP contribution in [0.15, 0.2) is 41.3 Å². The first kappa shape index (κ1) is 25.7. The molecule has 2 saturated heterocycles. The molecule has 0 radical (unpaired) electrons. The number of piperazine rings is 1. The van der Waals surface area contributed by atoms with Gasteiger partial charge in [-0.1, -0.05) is 11.6 Å². The van der Waals surface area contributed by atoms with E-state index in [-0.39, 0.29) is 34.5 Å². The Labute approximate surface area is 211 Å². The van der Waals surface area contributed by atoms with Gasteiger partial charge in [-0.05, 0) is 36.4 Å². The zero-order valence-corrected chi connectivity index (χ0v) is 21.5. The van der Waals surface area contributed by atoms with Crippen LogP contribution in [0.1, 0.15) is 15.9 Å². The second-order valence-corrected chi connectivity index (χ2v) is 10.7. The first-order chi connectivity index (χ1) is 16.8. The van der Waals surface area contributed by atoms with E-state index in [2.05, 4.69) is 4.90 Å². The van der Waals surface area contributed by atoms with Gasteiger partial charge in [-0.15, -0.1) is 0 Å². The summed E-state index contributed by atoms with van der Waals surface area (Å²) in [4.78, 5) is 17.3. The summed E-state index contributed by atoms with van der Waals surface area (Å²) in [5.41, 5.74) is 1.21. The quantitative estimate of drug-likeness (QED) is 0.550. The Morgan fingerprint density at radius 2 is 1.69 bits per heavy atom. The number of morpholine rings is 1. The van der Waals surface area contributed by atoms with Crippen LogP contribution in [0.4, 0.5) is 0 Å². The van der Waals surface area contributed by atoms with Gasteiger partial charge in [-0.3, -0.25) is 9.69 Å². The molecule has 2 aromatic carbocycles. The van der Waals surface area contributed by atoms with Crippen molar-refractivity contribution >= 4 is 27.5 Å². The van der Waals surface area contributed by atoms with Gasteiger partial charge in [0.25, 0.3) is 5.91 Å². The van der Waals surface area contributed by atoms with Crippen LogP contribution in [-0.2, 0) is 21.3 Å². The van der Waals surface area contributed by atoms with Crippen molar-refractivity contribution in [3.05, 3.63) is 52.5 Å². The molecule has 2 aliphatic heterocycles. The largest absolute Gasteiger partial charge is 0.497 e. The fourth-order valence-electron chi connectivity index (χ4n) is 4.29. The van der Waals surface area contributed by atoms with Crippen LogP contribution in [0.25, 0.3) is 0 Å². The molecule has 35 heavy (non-hydrogen) atoms. The normalized spacial score (nSPS) is 17.9. The van der Waals surface area contributed by atoms with Crippen molar-refractivity contribution in [3.8, 4) is 11.5 Å². The lowest BCUT2D eigenvalue weighted by Gasteiger charge is -2.35. The molecule has 190 valence electrons. The standard InChI is InChI=1S/C24H30ClN3O6S/c1-32-19-3-6-23(33-2)18(15-19)17-26-7-9-27(10-8-26)24(29)21-16-20(4-5-22(21)25)35(30,31)28-11-13-34-14-12-28/h3-6,15-16H,7-14,17H2,1-2H3. The summed E-state index contributed by atoms with van der Waals surface area (Å²) < 4.78 is 43.5. The van der Waals surface area contributed by atoms with Gasteiger partial charge in [0.15, 0.2) is 0 Å². The predicted molar refractivity (Wildman–Crippen MR) is 132 cm³/mol. The first-order valence-electron chi connectivity index (χ1n) is 11.4. The topological polar surface area (TPSA) is 88.6 Å². The van der Waals surface area contributed by atoms with Crippen molar-refractivity contribution in [1.82, 2.24) is 14.1 Å². The zero-order chi connectivity index (χ0) is 25.0. The molecular weight excluding hydrogens is 494 g/mol. The van der Waals surface area contributed by atoms with Crippen LogP contribution in [0.5, 0.6) is 11.5 Å². The molecule has 0 aliphatic carbocycles. The molecule has 2 aliphatic rings. The third-order valence-electron chi connectivity index (χ3n) is 6.32. The van der Waals surface area contributed by atoms with Gasteiger partial charge in [-0.2, -0.15) is 4.31 Å². The number of sulfonamides is 1. The highest BCUT2D eigenvalue weighted by Crippen LogP contribution is 2.27. The molecule has 0 unspecified atom stereocenters.